The SMILES string of the molecule is C=C(Cl)CCC(=O)ON. The minimum atomic E-state index is -0.475. The zero-order chi connectivity index (χ0) is 7.28. The molecule has 0 saturated carbocycles. The number of nitrogens with two attached hydrogens (primary N) is 1. The third-order valence-corrected chi connectivity index (χ3v) is 0.921. The average molecular weight is 150 g/mol. The van der Waals surface area contributed by atoms with Gasteiger partial charge in [0.2, 0.25) is 0 Å². The molecule has 0 fully saturated rings. The van der Waals surface area contributed by atoms with Crippen LogP contribution < -0.4 is 5.90 Å². The van der Waals surface area contributed by atoms with Gasteiger partial charge in [-0.2, -0.15) is 5.90 Å². The third kappa shape index (κ3) is 5.33. The number of carbonyl (C=O) groups excluding carboxylic acids is 1. The Morgan fingerprint density at radius 3 is 2.56 bits per heavy atom. The number of hydrogen-bond acceptors (Lipinski definition) is 3. The van der Waals surface area contributed by atoms with Gasteiger partial charge in [0.25, 0.3) is 0 Å². The zero-order valence-corrected chi connectivity index (χ0v) is 5.65. The summed E-state index contributed by atoms with van der Waals surface area (Å²) in [7, 11) is 0. The van der Waals surface area contributed by atoms with E-state index in [4.69, 9.17) is 11.6 Å². The van der Waals surface area contributed by atoms with Crippen LogP contribution in [0.5, 0.6) is 0 Å². The topological polar surface area (TPSA) is 52.3 Å². The number of halogens is 1. The maximum Gasteiger partial charge on any atom is 0.324 e. The van der Waals surface area contributed by atoms with Crippen LogP contribution in [0.4, 0.5) is 0 Å². The fraction of sp³-hybridized carbons (Fsp3) is 0.400. The Bertz CT molecular complexity index is 124. The van der Waals surface area contributed by atoms with Crippen molar-refractivity contribution in [3.63, 3.8) is 0 Å². The first-order valence-corrected chi connectivity index (χ1v) is 2.77. The van der Waals surface area contributed by atoms with Crippen molar-refractivity contribution in [3.8, 4) is 0 Å². The summed E-state index contributed by atoms with van der Waals surface area (Å²) in [6.07, 6.45) is 0.608. The molecule has 0 heterocycles. The first kappa shape index (κ1) is 8.46. The first-order chi connectivity index (χ1) is 4.16. The predicted octanol–water partition coefficient (Wildman–Crippen LogP) is 0.936. The van der Waals surface area contributed by atoms with E-state index in [2.05, 4.69) is 17.3 Å². The quantitative estimate of drug-likeness (QED) is 0.608. The standard InChI is InChI=1S/C5H8ClNO2/c1-4(6)2-3-5(8)9-7/h1-3,7H2. The molecule has 2 N–H and O–H groups in total. The minimum Gasteiger partial charge on any atom is -0.373 e. The van der Waals surface area contributed by atoms with Crippen molar-refractivity contribution >= 4 is 17.6 Å². The molecule has 0 atom stereocenters. The molecular weight excluding hydrogens is 142 g/mol. The van der Waals surface area contributed by atoms with Gasteiger partial charge in [0.15, 0.2) is 0 Å². The average Bonchev–Trinajstić information content (AvgIpc) is 1.83. The van der Waals surface area contributed by atoms with Crippen molar-refractivity contribution < 1.29 is 9.63 Å². The molecule has 3 nitrogen and oxygen atoms in total. The van der Waals surface area contributed by atoms with E-state index in [1.165, 1.54) is 0 Å². The largest absolute Gasteiger partial charge is 0.373 e. The fourth-order valence-electron chi connectivity index (χ4n) is 0.297. The second-order valence-electron chi connectivity index (χ2n) is 1.51. The highest BCUT2D eigenvalue weighted by molar-refractivity contribution is 6.29. The lowest BCUT2D eigenvalue weighted by atomic mass is 10.3. The molecule has 0 aliphatic heterocycles. The van der Waals surface area contributed by atoms with E-state index in [1.54, 1.807) is 0 Å². The molecule has 0 bridgehead atoms. The molecule has 0 aliphatic carbocycles. The maximum absolute atomic E-state index is 10.3. The summed E-state index contributed by atoms with van der Waals surface area (Å²) in [5.74, 6) is 4.06. The van der Waals surface area contributed by atoms with Crippen LogP contribution in [-0.2, 0) is 9.63 Å². The third-order valence-electron chi connectivity index (χ3n) is 0.732. The molecule has 0 radical (unpaired) electrons. The van der Waals surface area contributed by atoms with Crippen molar-refractivity contribution in [1.29, 1.82) is 0 Å². The van der Waals surface area contributed by atoms with Gasteiger partial charge in [-0.05, 0) is 6.42 Å². The van der Waals surface area contributed by atoms with Crippen LogP contribution in [0.15, 0.2) is 11.6 Å². The van der Waals surface area contributed by atoms with Gasteiger partial charge in [-0.1, -0.05) is 18.2 Å². The van der Waals surface area contributed by atoms with Crippen molar-refractivity contribution in [1.82, 2.24) is 0 Å². The van der Waals surface area contributed by atoms with Crippen LogP contribution >= 0.6 is 11.6 Å². The van der Waals surface area contributed by atoms with Gasteiger partial charge in [0.05, 0.1) is 6.42 Å². The van der Waals surface area contributed by atoms with E-state index in [0.717, 1.165) is 0 Å². The molecule has 0 aromatic heterocycles. The Labute approximate surface area is 58.4 Å². The summed E-state index contributed by atoms with van der Waals surface area (Å²) < 4.78 is 0. The molecule has 0 spiro atoms. The summed E-state index contributed by atoms with van der Waals surface area (Å²) >= 11 is 5.34. The van der Waals surface area contributed by atoms with Gasteiger partial charge in [-0.3, -0.25) is 4.79 Å². The molecule has 0 amide bonds. The van der Waals surface area contributed by atoms with Gasteiger partial charge in [-0.15, -0.1) is 0 Å². The van der Waals surface area contributed by atoms with Crippen LogP contribution in [-0.4, -0.2) is 5.97 Å². The molecule has 0 rings (SSSR count). The highest BCUT2D eigenvalue weighted by Crippen LogP contribution is 2.05. The lowest BCUT2D eigenvalue weighted by Crippen LogP contribution is -2.08. The monoisotopic (exact) mass is 149 g/mol. The lowest BCUT2D eigenvalue weighted by Gasteiger charge is -1.94. The zero-order valence-electron chi connectivity index (χ0n) is 4.89. The second kappa shape index (κ2) is 4.35. The van der Waals surface area contributed by atoms with Crippen molar-refractivity contribution in [2.75, 3.05) is 0 Å². The first-order valence-electron chi connectivity index (χ1n) is 2.39. The number of hydrogen-bond donors (Lipinski definition) is 1. The van der Waals surface area contributed by atoms with Crippen molar-refractivity contribution in [3.05, 3.63) is 11.6 Å². The summed E-state index contributed by atoms with van der Waals surface area (Å²) in [6, 6.07) is 0. The highest BCUT2D eigenvalue weighted by atomic mass is 35.5. The van der Waals surface area contributed by atoms with E-state index < -0.39 is 5.97 Å². The Balaban J connectivity index is 3.28. The van der Waals surface area contributed by atoms with E-state index in [9.17, 15) is 4.79 Å². The number of allylic oxidation sites excluding steroid dienone is 1. The van der Waals surface area contributed by atoms with E-state index >= 15 is 0 Å². The summed E-state index contributed by atoms with van der Waals surface area (Å²) in [5, 5.41) is 0.431. The molecule has 0 unspecified atom stereocenters. The summed E-state index contributed by atoms with van der Waals surface area (Å²) in [4.78, 5) is 14.1. The van der Waals surface area contributed by atoms with Crippen LogP contribution in [0.3, 0.4) is 0 Å². The van der Waals surface area contributed by atoms with Gasteiger partial charge in [0.1, 0.15) is 0 Å². The molecule has 0 aromatic carbocycles. The van der Waals surface area contributed by atoms with Crippen LogP contribution in [0.1, 0.15) is 12.8 Å². The van der Waals surface area contributed by atoms with E-state index in [0.29, 0.717) is 11.5 Å². The lowest BCUT2D eigenvalue weighted by molar-refractivity contribution is -0.144. The van der Waals surface area contributed by atoms with Gasteiger partial charge in [0, 0.05) is 5.03 Å². The number of carbonyl (C=O) groups is 1. The van der Waals surface area contributed by atoms with E-state index in [1.807, 2.05) is 0 Å². The predicted molar refractivity (Wildman–Crippen MR) is 34.5 cm³/mol. The molecule has 0 saturated heterocycles. The summed E-state index contributed by atoms with van der Waals surface area (Å²) in [6.45, 7) is 3.38. The Hall–Kier alpha value is -0.540. The minimum absolute atomic E-state index is 0.193. The smallest absolute Gasteiger partial charge is 0.324 e. The Morgan fingerprint density at radius 1 is 1.67 bits per heavy atom. The Kier molecular flexibility index (Phi) is 4.09. The molecule has 4 heteroatoms. The molecule has 0 aliphatic rings. The normalized spacial score (nSPS) is 8.67. The van der Waals surface area contributed by atoms with Crippen molar-refractivity contribution in [2.24, 2.45) is 5.90 Å². The summed E-state index contributed by atoms with van der Waals surface area (Å²) in [5.41, 5.74) is 0. The molecule has 52 valence electrons. The molecular formula is C5H8ClNO2. The maximum atomic E-state index is 10.3. The highest BCUT2D eigenvalue weighted by Gasteiger charge is 1.99. The Morgan fingerprint density at radius 2 is 2.22 bits per heavy atom. The van der Waals surface area contributed by atoms with Crippen LogP contribution in [0.2, 0.25) is 0 Å². The molecule has 0 aromatic rings. The van der Waals surface area contributed by atoms with Crippen molar-refractivity contribution in [2.45, 2.75) is 12.8 Å². The van der Waals surface area contributed by atoms with E-state index in [-0.39, 0.29) is 6.42 Å². The van der Waals surface area contributed by atoms with Crippen LogP contribution in [0.25, 0.3) is 0 Å². The number of rotatable bonds is 3. The molecule has 9 heavy (non-hydrogen) atoms. The fourth-order valence-corrected chi connectivity index (χ4v) is 0.391. The van der Waals surface area contributed by atoms with Gasteiger partial charge >= 0.3 is 5.97 Å². The van der Waals surface area contributed by atoms with Gasteiger partial charge < -0.3 is 4.84 Å². The second-order valence-corrected chi connectivity index (χ2v) is 2.04. The van der Waals surface area contributed by atoms with Crippen LogP contribution in [0, 0.1) is 0 Å². The van der Waals surface area contributed by atoms with Gasteiger partial charge in [-0.25, -0.2) is 0 Å².